The molecule has 2 aromatic carbocycles. The number of aromatic nitrogens is 1. The van der Waals surface area contributed by atoms with E-state index in [1.807, 2.05) is 12.3 Å². The van der Waals surface area contributed by atoms with Gasteiger partial charge in [0.15, 0.2) is 23.1 Å². The van der Waals surface area contributed by atoms with E-state index in [4.69, 9.17) is 13.9 Å². The summed E-state index contributed by atoms with van der Waals surface area (Å²) in [6.45, 7) is 0.991. The highest BCUT2D eigenvalue weighted by Gasteiger charge is 2.17. The van der Waals surface area contributed by atoms with Gasteiger partial charge < -0.3 is 19.2 Å². The number of anilines is 1. The van der Waals surface area contributed by atoms with Crippen LogP contribution in [-0.4, -0.2) is 30.4 Å². The monoisotopic (exact) mass is 414 g/mol. The Morgan fingerprint density at radius 2 is 1.97 bits per heavy atom. The minimum absolute atomic E-state index is 0.178. The lowest BCUT2D eigenvalue weighted by Crippen LogP contribution is -2.17. The topological polar surface area (TPSA) is 73.6 Å². The second-order valence-electron chi connectivity index (χ2n) is 6.34. The van der Waals surface area contributed by atoms with Crippen molar-refractivity contribution in [1.82, 2.24) is 4.98 Å². The smallest absolute Gasteiger partial charge is 0.224 e. The molecule has 2 heterocycles. The maximum atomic E-state index is 13.9. The molecule has 0 bridgehead atoms. The lowest BCUT2D eigenvalue weighted by molar-refractivity contribution is -0.116. The molecule has 0 spiro atoms. The van der Waals surface area contributed by atoms with E-state index in [9.17, 15) is 9.18 Å². The Hall–Kier alpha value is -3.00. The van der Waals surface area contributed by atoms with E-state index in [0.29, 0.717) is 54.0 Å². The second-order valence-corrected chi connectivity index (χ2v) is 7.19. The first-order valence-electron chi connectivity index (χ1n) is 9.11. The highest BCUT2D eigenvalue weighted by molar-refractivity contribution is 7.98. The van der Waals surface area contributed by atoms with Gasteiger partial charge in [0.1, 0.15) is 19.0 Å². The summed E-state index contributed by atoms with van der Waals surface area (Å²) in [4.78, 5) is 17.5. The normalized spacial score (nSPS) is 12.6. The van der Waals surface area contributed by atoms with Crippen molar-refractivity contribution < 1.29 is 23.1 Å². The van der Waals surface area contributed by atoms with E-state index in [2.05, 4.69) is 10.3 Å². The van der Waals surface area contributed by atoms with Crippen molar-refractivity contribution in [2.24, 2.45) is 0 Å². The first-order chi connectivity index (χ1) is 14.1. The SMILES string of the molecule is CSc1cc2c(cc1NC(=O)CCc1ncc(-c3ccccc3F)o1)OCCO2. The van der Waals surface area contributed by atoms with Crippen molar-refractivity contribution in [3.8, 4) is 22.8 Å². The fourth-order valence-electron chi connectivity index (χ4n) is 2.98. The summed E-state index contributed by atoms with van der Waals surface area (Å²) in [7, 11) is 0. The van der Waals surface area contributed by atoms with Crippen LogP contribution in [0, 0.1) is 5.82 Å². The number of oxazole rings is 1. The first-order valence-corrected chi connectivity index (χ1v) is 10.3. The molecule has 0 aliphatic carbocycles. The van der Waals surface area contributed by atoms with Crippen LogP contribution in [0.2, 0.25) is 0 Å². The zero-order valence-electron chi connectivity index (χ0n) is 15.7. The number of hydrogen-bond donors (Lipinski definition) is 1. The molecule has 0 radical (unpaired) electrons. The summed E-state index contributed by atoms with van der Waals surface area (Å²) in [6, 6.07) is 9.97. The number of nitrogens with one attached hydrogen (secondary N) is 1. The molecule has 1 aliphatic rings. The lowest BCUT2D eigenvalue weighted by atomic mass is 10.2. The number of carbonyl (C=O) groups excluding carboxylic acids is 1. The third kappa shape index (κ3) is 4.37. The van der Waals surface area contributed by atoms with Gasteiger partial charge in [-0.1, -0.05) is 12.1 Å². The fourth-order valence-corrected chi connectivity index (χ4v) is 3.54. The highest BCUT2D eigenvalue weighted by Crippen LogP contribution is 2.39. The average Bonchev–Trinajstić information content (AvgIpc) is 3.21. The Kier molecular flexibility index (Phi) is 5.71. The van der Waals surface area contributed by atoms with Crippen molar-refractivity contribution in [2.45, 2.75) is 17.7 Å². The van der Waals surface area contributed by atoms with Gasteiger partial charge in [-0.3, -0.25) is 4.79 Å². The molecule has 0 fully saturated rings. The van der Waals surface area contributed by atoms with Gasteiger partial charge in [-0.25, -0.2) is 9.37 Å². The van der Waals surface area contributed by atoms with Crippen LogP contribution < -0.4 is 14.8 Å². The molecule has 0 atom stereocenters. The van der Waals surface area contributed by atoms with Crippen LogP contribution in [0.4, 0.5) is 10.1 Å². The van der Waals surface area contributed by atoms with E-state index < -0.39 is 0 Å². The van der Waals surface area contributed by atoms with E-state index in [0.717, 1.165) is 4.90 Å². The van der Waals surface area contributed by atoms with Crippen LogP contribution in [0.25, 0.3) is 11.3 Å². The molecule has 0 saturated carbocycles. The van der Waals surface area contributed by atoms with E-state index >= 15 is 0 Å². The van der Waals surface area contributed by atoms with Crippen LogP contribution in [-0.2, 0) is 11.2 Å². The Morgan fingerprint density at radius 3 is 2.72 bits per heavy atom. The van der Waals surface area contributed by atoms with E-state index in [1.54, 1.807) is 24.3 Å². The molecule has 8 heteroatoms. The zero-order chi connectivity index (χ0) is 20.2. The molecule has 1 amide bonds. The molecule has 4 rings (SSSR count). The number of benzene rings is 2. The third-order valence-corrected chi connectivity index (χ3v) is 5.17. The largest absolute Gasteiger partial charge is 0.486 e. The maximum Gasteiger partial charge on any atom is 0.224 e. The van der Waals surface area contributed by atoms with Gasteiger partial charge in [-0.2, -0.15) is 0 Å². The molecule has 1 aromatic heterocycles. The van der Waals surface area contributed by atoms with Crippen molar-refractivity contribution in [2.75, 3.05) is 24.8 Å². The third-order valence-electron chi connectivity index (χ3n) is 4.40. The first kappa shape index (κ1) is 19.3. The van der Waals surface area contributed by atoms with Gasteiger partial charge in [0.25, 0.3) is 0 Å². The van der Waals surface area contributed by atoms with Gasteiger partial charge in [0.05, 0.1) is 17.4 Å². The van der Waals surface area contributed by atoms with E-state index in [-0.39, 0.29) is 18.1 Å². The maximum absolute atomic E-state index is 13.9. The van der Waals surface area contributed by atoms with Gasteiger partial charge in [0.2, 0.25) is 5.91 Å². The minimum atomic E-state index is -0.379. The Bertz CT molecular complexity index is 1040. The number of halogens is 1. The van der Waals surface area contributed by atoms with Crippen LogP contribution in [0.1, 0.15) is 12.3 Å². The van der Waals surface area contributed by atoms with Crippen LogP contribution >= 0.6 is 11.8 Å². The number of carbonyl (C=O) groups is 1. The Morgan fingerprint density at radius 1 is 1.21 bits per heavy atom. The number of thioether (sulfide) groups is 1. The molecule has 29 heavy (non-hydrogen) atoms. The van der Waals surface area contributed by atoms with Crippen LogP contribution in [0.15, 0.2) is 51.9 Å². The summed E-state index contributed by atoms with van der Waals surface area (Å²) in [5.74, 6) is 1.46. The van der Waals surface area contributed by atoms with Crippen molar-refractivity contribution in [1.29, 1.82) is 0 Å². The van der Waals surface area contributed by atoms with Gasteiger partial charge >= 0.3 is 0 Å². The molecule has 0 unspecified atom stereocenters. The summed E-state index contributed by atoms with van der Waals surface area (Å²) in [5.41, 5.74) is 1.02. The minimum Gasteiger partial charge on any atom is -0.486 e. The lowest BCUT2D eigenvalue weighted by Gasteiger charge is -2.20. The van der Waals surface area contributed by atoms with Gasteiger partial charge in [-0.15, -0.1) is 11.8 Å². The number of fused-ring (bicyclic) bond motifs is 1. The second kappa shape index (κ2) is 8.57. The number of ether oxygens (including phenoxy) is 2. The summed E-state index contributed by atoms with van der Waals surface area (Å²) < 4.78 is 30.6. The van der Waals surface area contributed by atoms with Gasteiger partial charge in [-0.05, 0) is 24.5 Å². The Labute approximate surface area is 171 Å². The fraction of sp³-hybridized carbons (Fsp3) is 0.238. The summed E-state index contributed by atoms with van der Waals surface area (Å²) in [6.07, 6.45) is 3.88. The highest BCUT2D eigenvalue weighted by atomic mass is 32.2. The van der Waals surface area contributed by atoms with Crippen molar-refractivity contribution in [3.63, 3.8) is 0 Å². The average molecular weight is 414 g/mol. The molecular weight excluding hydrogens is 395 g/mol. The molecule has 0 saturated heterocycles. The summed E-state index contributed by atoms with van der Waals surface area (Å²) in [5, 5.41) is 2.90. The van der Waals surface area contributed by atoms with Crippen molar-refractivity contribution >= 4 is 23.4 Å². The Balaban J connectivity index is 1.40. The molecule has 1 N–H and O–H groups in total. The predicted octanol–water partition coefficient (Wildman–Crippen LogP) is 4.55. The molecule has 1 aliphatic heterocycles. The van der Waals surface area contributed by atoms with Crippen LogP contribution in [0.5, 0.6) is 11.5 Å². The molecule has 6 nitrogen and oxygen atoms in total. The molecular formula is C21H19FN2O4S. The van der Waals surface area contributed by atoms with Crippen molar-refractivity contribution in [3.05, 3.63) is 54.3 Å². The number of amides is 1. The molecule has 150 valence electrons. The standard InChI is InChI=1S/C21H19FN2O4S/c1-29-19-11-17-16(26-8-9-27-17)10-15(19)24-20(25)6-7-21-23-12-18(28-21)13-4-2-3-5-14(13)22/h2-5,10-12H,6-9H2,1H3,(H,24,25). The van der Waals surface area contributed by atoms with Gasteiger partial charge in [0, 0.05) is 23.8 Å². The zero-order valence-corrected chi connectivity index (χ0v) is 16.6. The quantitative estimate of drug-likeness (QED) is 0.597. The summed E-state index contributed by atoms with van der Waals surface area (Å²) >= 11 is 1.51. The number of aryl methyl sites for hydroxylation is 1. The predicted molar refractivity (Wildman–Crippen MR) is 108 cm³/mol. The number of nitrogens with zero attached hydrogens (tertiary/aromatic N) is 1. The van der Waals surface area contributed by atoms with Crippen LogP contribution in [0.3, 0.4) is 0 Å². The molecule has 3 aromatic rings. The number of hydrogen-bond acceptors (Lipinski definition) is 6. The van der Waals surface area contributed by atoms with E-state index in [1.165, 1.54) is 24.0 Å². The number of rotatable bonds is 6.